The van der Waals surface area contributed by atoms with E-state index in [0.29, 0.717) is 0 Å². The summed E-state index contributed by atoms with van der Waals surface area (Å²) in [6.07, 6.45) is 0. The number of aliphatic imine (C=N–C) groups is 1. The molecule has 0 spiro atoms. The number of ether oxygens (including phenoxy) is 1. The Hall–Kier alpha value is -2.89. The van der Waals surface area contributed by atoms with Gasteiger partial charge >= 0.3 is 0 Å². The molecule has 0 aliphatic carbocycles. The van der Waals surface area contributed by atoms with E-state index >= 15 is 0 Å². The van der Waals surface area contributed by atoms with Crippen molar-refractivity contribution < 1.29 is 4.74 Å². The molecule has 1 aliphatic heterocycles. The van der Waals surface area contributed by atoms with Crippen LogP contribution in [0.1, 0.15) is 5.56 Å². The highest BCUT2D eigenvalue weighted by Crippen LogP contribution is 2.22. The first-order chi connectivity index (χ1) is 13.6. The molecule has 0 aromatic heterocycles. The van der Waals surface area contributed by atoms with Crippen LogP contribution in [0.5, 0.6) is 5.75 Å². The van der Waals surface area contributed by atoms with Gasteiger partial charge in [0.25, 0.3) is 0 Å². The summed E-state index contributed by atoms with van der Waals surface area (Å²) >= 11 is 0. The lowest BCUT2D eigenvalue weighted by atomic mass is 10.2. The molecular formula is C22H31N5O. The fourth-order valence-electron chi connectivity index (χ4n) is 3.44. The molecule has 1 saturated heterocycles. The molecule has 1 fully saturated rings. The Bertz CT molecular complexity index is 797. The third-order valence-electron chi connectivity index (χ3n) is 5.09. The molecule has 3 rings (SSSR count). The summed E-state index contributed by atoms with van der Waals surface area (Å²) in [5.41, 5.74) is 3.67. The third-order valence-corrected chi connectivity index (χ3v) is 5.09. The van der Waals surface area contributed by atoms with Crippen molar-refractivity contribution in [1.29, 1.82) is 0 Å². The number of hydrogen-bond donors (Lipinski definition) is 1. The first kappa shape index (κ1) is 19.9. The van der Waals surface area contributed by atoms with Crippen LogP contribution in [0.4, 0.5) is 11.4 Å². The lowest BCUT2D eigenvalue weighted by Crippen LogP contribution is -2.52. The van der Waals surface area contributed by atoms with Crippen molar-refractivity contribution in [2.45, 2.75) is 6.54 Å². The maximum atomic E-state index is 5.35. The summed E-state index contributed by atoms with van der Waals surface area (Å²) in [5.74, 6) is 1.86. The number of nitrogens with zero attached hydrogens (tertiary/aromatic N) is 4. The summed E-state index contributed by atoms with van der Waals surface area (Å²) in [4.78, 5) is 11.3. The summed E-state index contributed by atoms with van der Waals surface area (Å²) in [6, 6.07) is 16.8. The van der Waals surface area contributed by atoms with E-state index in [-0.39, 0.29) is 0 Å². The maximum absolute atomic E-state index is 5.35. The Balaban J connectivity index is 1.55. The molecule has 1 heterocycles. The van der Waals surface area contributed by atoms with Crippen LogP contribution in [0.25, 0.3) is 0 Å². The Morgan fingerprint density at radius 3 is 2.50 bits per heavy atom. The SMILES string of the molecule is CN=C(NCc1cccc(N(C)C)c1)N1CCN(c2cccc(OC)c2)CC1. The topological polar surface area (TPSA) is 43.3 Å². The van der Waals surface area contributed by atoms with Gasteiger partial charge in [-0.25, -0.2) is 0 Å². The van der Waals surface area contributed by atoms with E-state index in [1.54, 1.807) is 7.11 Å². The van der Waals surface area contributed by atoms with Crippen molar-refractivity contribution in [2.75, 3.05) is 64.2 Å². The van der Waals surface area contributed by atoms with Gasteiger partial charge < -0.3 is 24.8 Å². The second-order valence-corrected chi connectivity index (χ2v) is 7.14. The summed E-state index contributed by atoms with van der Waals surface area (Å²) in [7, 11) is 7.69. The van der Waals surface area contributed by atoms with Crippen LogP contribution in [0.3, 0.4) is 0 Å². The monoisotopic (exact) mass is 381 g/mol. The second-order valence-electron chi connectivity index (χ2n) is 7.14. The molecule has 2 aromatic rings. The lowest BCUT2D eigenvalue weighted by molar-refractivity contribution is 0.372. The molecule has 0 bridgehead atoms. The standard InChI is InChI=1S/C22H31N5O/c1-23-22(24-17-18-7-5-8-19(15-18)25(2)3)27-13-11-26(12-14-27)20-9-6-10-21(16-20)28-4/h5-10,15-16H,11-14,17H2,1-4H3,(H,23,24). The number of benzene rings is 2. The van der Waals surface area contributed by atoms with Crippen molar-refractivity contribution >= 4 is 17.3 Å². The van der Waals surface area contributed by atoms with Gasteiger partial charge in [0.05, 0.1) is 7.11 Å². The largest absolute Gasteiger partial charge is 0.497 e. The minimum atomic E-state index is 0.768. The average Bonchev–Trinajstić information content (AvgIpc) is 2.75. The lowest BCUT2D eigenvalue weighted by Gasteiger charge is -2.37. The highest BCUT2D eigenvalue weighted by atomic mass is 16.5. The molecule has 28 heavy (non-hydrogen) atoms. The second kappa shape index (κ2) is 9.35. The van der Waals surface area contributed by atoms with Gasteiger partial charge in [0, 0.05) is 71.3 Å². The van der Waals surface area contributed by atoms with Gasteiger partial charge in [-0.2, -0.15) is 0 Å². The van der Waals surface area contributed by atoms with Crippen LogP contribution in [0, 0.1) is 0 Å². The summed E-state index contributed by atoms with van der Waals surface area (Å²) < 4.78 is 5.35. The zero-order chi connectivity index (χ0) is 19.9. The van der Waals surface area contributed by atoms with E-state index in [4.69, 9.17) is 4.74 Å². The number of hydrogen-bond acceptors (Lipinski definition) is 4. The van der Waals surface area contributed by atoms with Crippen LogP contribution in [-0.2, 0) is 6.54 Å². The first-order valence-corrected chi connectivity index (χ1v) is 9.71. The van der Waals surface area contributed by atoms with E-state index < -0.39 is 0 Å². The fourth-order valence-corrected chi connectivity index (χ4v) is 3.44. The Kier molecular flexibility index (Phi) is 6.63. The van der Waals surface area contributed by atoms with Gasteiger partial charge in [0.1, 0.15) is 5.75 Å². The van der Waals surface area contributed by atoms with Crippen molar-refractivity contribution in [3.8, 4) is 5.75 Å². The highest BCUT2D eigenvalue weighted by Gasteiger charge is 2.20. The number of anilines is 2. The molecule has 0 amide bonds. The minimum absolute atomic E-state index is 0.768. The van der Waals surface area contributed by atoms with Gasteiger partial charge in [-0.1, -0.05) is 18.2 Å². The molecular weight excluding hydrogens is 350 g/mol. The number of rotatable bonds is 5. The predicted octanol–water partition coefficient (Wildman–Crippen LogP) is 2.66. The zero-order valence-corrected chi connectivity index (χ0v) is 17.4. The zero-order valence-electron chi connectivity index (χ0n) is 17.4. The van der Waals surface area contributed by atoms with Gasteiger partial charge in [0.15, 0.2) is 5.96 Å². The fraction of sp³-hybridized carbons (Fsp3) is 0.409. The predicted molar refractivity (Wildman–Crippen MR) is 118 cm³/mol. The van der Waals surface area contributed by atoms with Crippen LogP contribution < -0.4 is 19.9 Å². The van der Waals surface area contributed by atoms with E-state index in [1.165, 1.54) is 16.9 Å². The normalized spacial score (nSPS) is 14.8. The molecule has 1 N–H and O–H groups in total. The maximum Gasteiger partial charge on any atom is 0.194 e. The molecule has 6 nitrogen and oxygen atoms in total. The van der Waals surface area contributed by atoms with Gasteiger partial charge in [-0.05, 0) is 29.8 Å². The van der Waals surface area contributed by atoms with Crippen molar-refractivity contribution in [1.82, 2.24) is 10.2 Å². The average molecular weight is 382 g/mol. The minimum Gasteiger partial charge on any atom is -0.497 e. The van der Waals surface area contributed by atoms with Gasteiger partial charge in [-0.15, -0.1) is 0 Å². The van der Waals surface area contributed by atoms with E-state index in [0.717, 1.165) is 44.4 Å². The number of guanidine groups is 1. The molecule has 0 atom stereocenters. The van der Waals surface area contributed by atoms with Gasteiger partial charge in [-0.3, -0.25) is 4.99 Å². The Morgan fingerprint density at radius 2 is 1.82 bits per heavy atom. The van der Waals surface area contributed by atoms with E-state index in [2.05, 4.69) is 75.5 Å². The number of piperazine rings is 1. The Morgan fingerprint density at radius 1 is 1.07 bits per heavy atom. The van der Waals surface area contributed by atoms with Crippen molar-refractivity contribution in [3.05, 3.63) is 54.1 Å². The number of nitrogens with one attached hydrogen (secondary N) is 1. The molecule has 150 valence electrons. The summed E-state index contributed by atoms with van der Waals surface area (Å²) in [5, 5.41) is 3.51. The Labute approximate surface area is 168 Å². The molecule has 6 heteroatoms. The van der Waals surface area contributed by atoms with Crippen LogP contribution in [0.2, 0.25) is 0 Å². The first-order valence-electron chi connectivity index (χ1n) is 9.71. The molecule has 2 aromatic carbocycles. The quantitative estimate of drug-likeness (QED) is 0.637. The molecule has 1 aliphatic rings. The third kappa shape index (κ3) is 4.88. The molecule has 0 saturated carbocycles. The van der Waals surface area contributed by atoms with E-state index in [9.17, 15) is 0 Å². The van der Waals surface area contributed by atoms with Crippen LogP contribution >= 0.6 is 0 Å². The number of methoxy groups -OCH3 is 1. The van der Waals surface area contributed by atoms with Crippen molar-refractivity contribution in [3.63, 3.8) is 0 Å². The molecule has 0 unspecified atom stereocenters. The highest BCUT2D eigenvalue weighted by molar-refractivity contribution is 5.80. The van der Waals surface area contributed by atoms with Crippen molar-refractivity contribution in [2.24, 2.45) is 4.99 Å². The van der Waals surface area contributed by atoms with Crippen LogP contribution in [-0.4, -0.2) is 65.3 Å². The smallest absolute Gasteiger partial charge is 0.194 e. The molecule has 0 radical (unpaired) electrons. The van der Waals surface area contributed by atoms with Gasteiger partial charge in [0.2, 0.25) is 0 Å². The van der Waals surface area contributed by atoms with Crippen LogP contribution in [0.15, 0.2) is 53.5 Å². The summed E-state index contributed by atoms with van der Waals surface area (Å²) in [6.45, 7) is 4.57. The van der Waals surface area contributed by atoms with E-state index in [1.807, 2.05) is 19.2 Å².